The number of fused-ring (bicyclic) bond motifs is 1. The lowest BCUT2D eigenvalue weighted by molar-refractivity contribution is -0.133. The Bertz CT molecular complexity index is 1270. The molecule has 0 saturated heterocycles. The third kappa shape index (κ3) is 5.30. The molecule has 2 amide bonds. The second-order valence-corrected chi connectivity index (χ2v) is 9.69. The number of hydrogen-bond donors (Lipinski definition) is 1. The molecule has 2 heterocycles. The average Bonchev–Trinajstić information content (AvgIpc) is 3.35. The van der Waals surface area contributed by atoms with Crippen molar-refractivity contribution in [3.8, 4) is 0 Å². The Morgan fingerprint density at radius 1 is 1.03 bits per heavy atom. The van der Waals surface area contributed by atoms with Crippen molar-refractivity contribution in [3.63, 3.8) is 0 Å². The van der Waals surface area contributed by atoms with E-state index in [9.17, 15) is 19.2 Å². The molecule has 0 spiro atoms. The second-order valence-electron chi connectivity index (χ2n) is 8.78. The molecule has 0 bridgehead atoms. The summed E-state index contributed by atoms with van der Waals surface area (Å²) in [5, 5.41) is 4.50. The van der Waals surface area contributed by atoms with Gasteiger partial charge >= 0.3 is 5.69 Å². The van der Waals surface area contributed by atoms with Crippen LogP contribution >= 0.6 is 11.3 Å². The van der Waals surface area contributed by atoms with Crippen LogP contribution in [-0.4, -0.2) is 45.5 Å². The van der Waals surface area contributed by atoms with Gasteiger partial charge in [-0.15, -0.1) is 11.3 Å². The highest BCUT2D eigenvalue weighted by Gasteiger charge is 2.24. The monoisotopic (exact) mass is 482 g/mol. The van der Waals surface area contributed by atoms with E-state index < -0.39 is 17.2 Å². The van der Waals surface area contributed by atoms with Crippen molar-refractivity contribution in [2.45, 2.75) is 57.7 Å². The molecule has 8 nitrogen and oxygen atoms in total. The standard InChI is InChI=1S/C25H30N4O4S/c1-27(19-10-6-3-7-11-19)22(31)17-28-20-13-15-34-23(20)24(32)29(25(28)33)16-21(30)26-14-12-18-8-4-2-5-9-18/h2,4-5,8-9,13,15,19H,3,6-7,10-12,14,16-17H2,1H3,(H,26,30). The van der Waals surface area contributed by atoms with E-state index >= 15 is 0 Å². The minimum Gasteiger partial charge on any atom is -0.354 e. The number of likely N-dealkylation sites (N-methyl/N-ethyl adjacent to an activating group) is 1. The maximum absolute atomic E-state index is 13.2. The second kappa shape index (κ2) is 10.8. The molecule has 180 valence electrons. The molecule has 1 N–H and O–H groups in total. The summed E-state index contributed by atoms with van der Waals surface area (Å²) < 4.78 is 2.63. The number of aromatic nitrogens is 2. The third-order valence-corrected chi connectivity index (χ3v) is 7.42. The number of carbonyl (C=O) groups excluding carboxylic acids is 2. The molecule has 1 fully saturated rings. The van der Waals surface area contributed by atoms with Crippen molar-refractivity contribution < 1.29 is 9.59 Å². The largest absolute Gasteiger partial charge is 0.354 e. The van der Waals surface area contributed by atoms with Crippen molar-refractivity contribution in [3.05, 3.63) is 68.2 Å². The van der Waals surface area contributed by atoms with Gasteiger partial charge in [0, 0.05) is 19.6 Å². The van der Waals surface area contributed by atoms with Gasteiger partial charge in [-0.2, -0.15) is 0 Å². The van der Waals surface area contributed by atoms with Gasteiger partial charge in [0.15, 0.2) is 0 Å². The molecular formula is C25H30N4O4S. The molecule has 9 heteroatoms. The molecule has 0 aliphatic heterocycles. The molecule has 1 saturated carbocycles. The molecule has 1 aromatic carbocycles. The van der Waals surface area contributed by atoms with E-state index in [4.69, 9.17) is 0 Å². The number of amides is 2. The van der Waals surface area contributed by atoms with Crippen LogP contribution in [0.25, 0.3) is 10.2 Å². The summed E-state index contributed by atoms with van der Waals surface area (Å²) in [7, 11) is 1.78. The minimum absolute atomic E-state index is 0.158. The van der Waals surface area contributed by atoms with E-state index in [1.54, 1.807) is 23.4 Å². The first-order valence-corrected chi connectivity index (χ1v) is 12.6. The molecule has 1 aliphatic rings. The van der Waals surface area contributed by atoms with Gasteiger partial charge in [-0.3, -0.25) is 19.0 Å². The first kappa shape index (κ1) is 23.9. The Morgan fingerprint density at radius 2 is 1.76 bits per heavy atom. The van der Waals surface area contributed by atoms with Crippen LogP contribution in [0.2, 0.25) is 0 Å². The van der Waals surface area contributed by atoms with E-state index in [2.05, 4.69) is 5.32 Å². The van der Waals surface area contributed by atoms with E-state index in [-0.39, 0.29) is 25.0 Å². The lowest BCUT2D eigenvalue weighted by Crippen LogP contribution is -2.46. The lowest BCUT2D eigenvalue weighted by atomic mass is 9.94. The number of thiophene rings is 1. The number of benzene rings is 1. The third-order valence-electron chi connectivity index (χ3n) is 6.53. The van der Waals surface area contributed by atoms with Crippen LogP contribution < -0.4 is 16.6 Å². The first-order valence-electron chi connectivity index (χ1n) is 11.7. The van der Waals surface area contributed by atoms with Gasteiger partial charge in [0.1, 0.15) is 17.8 Å². The highest BCUT2D eigenvalue weighted by atomic mass is 32.1. The van der Waals surface area contributed by atoms with Gasteiger partial charge in [0.25, 0.3) is 5.56 Å². The van der Waals surface area contributed by atoms with E-state index in [0.29, 0.717) is 23.2 Å². The molecule has 0 radical (unpaired) electrons. The van der Waals surface area contributed by atoms with Gasteiger partial charge in [-0.1, -0.05) is 49.6 Å². The van der Waals surface area contributed by atoms with Crippen molar-refractivity contribution in [1.82, 2.24) is 19.4 Å². The predicted molar refractivity (Wildman–Crippen MR) is 133 cm³/mol. The van der Waals surface area contributed by atoms with E-state index in [1.165, 1.54) is 22.3 Å². The summed E-state index contributed by atoms with van der Waals surface area (Å²) in [6, 6.07) is 11.6. The van der Waals surface area contributed by atoms with Crippen molar-refractivity contribution in [2.24, 2.45) is 0 Å². The maximum Gasteiger partial charge on any atom is 0.332 e. The average molecular weight is 483 g/mol. The SMILES string of the molecule is CN(C(=O)Cn1c(=O)n(CC(=O)NCCc2ccccc2)c(=O)c2sccc21)C1CCCCC1. The zero-order valence-corrected chi connectivity index (χ0v) is 20.2. The smallest absolute Gasteiger partial charge is 0.332 e. The molecule has 0 unspecified atom stereocenters. The van der Waals surface area contributed by atoms with Crippen molar-refractivity contribution >= 4 is 33.4 Å². The quantitative estimate of drug-likeness (QED) is 0.534. The normalized spacial score (nSPS) is 14.3. The van der Waals surface area contributed by atoms with Crippen molar-refractivity contribution in [2.75, 3.05) is 13.6 Å². The highest BCUT2D eigenvalue weighted by Crippen LogP contribution is 2.22. The summed E-state index contributed by atoms with van der Waals surface area (Å²) in [5.41, 5.74) is 0.381. The van der Waals surface area contributed by atoms with Crippen LogP contribution in [-0.2, 0) is 29.1 Å². The fourth-order valence-corrected chi connectivity index (χ4v) is 5.38. The van der Waals surface area contributed by atoms with Crippen LogP contribution in [0.5, 0.6) is 0 Å². The van der Waals surface area contributed by atoms with Gasteiger partial charge < -0.3 is 10.2 Å². The Hall–Kier alpha value is -3.20. The molecule has 34 heavy (non-hydrogen) atoms. The van der Waals surface area contributed by atoms with Gasteiger partial charge in [-0.25, -0.2) is 9.36 Å². The Kier molecular flexibility index (Phi) is 7.62. The Balaban J connectivity index is 1.51. The number of hydrogen-bond acceptors (Lipinski definition) is 5. The fraction of sp³-hybridized carbons (Fsp3) is 0.440. The molecule has 1 aliphatic carbocycles. The molecule has 0 atom stereocenters. The summed E-state index contributed by atoms with van der Waals surface area (Å²) >= 11 is 1.21. The highest BCUT2D eigenvalue weighted by molar-refractivity contribution is 7.17. The minimum atomic E-state index is -0.639. The summed E-state index contributed by atoms with van der Waals surface area (Å²) in [4.78, 5) is 53.5. The predicted octanol–water partition coefficient (Wildman–Crippen LogP) is 2.37. The zero-order valence-electron chi connectivity index (χ0n) is 19.4. The first-order chi connectivity index (χ1) is 16.5. The zero-order chi connectivity index (χ0) is 24.1. The summed E-state index contributed by atoms with van der Waals surface area (Å²) in [5.74, 6) is -0.581. The van der Waals surface area contributed by atoms with E-state index in [0.717, 1.165) is 35.8 Å². The van der Waals surface area contributed by atoms with Crippen LogP contribution in [0.3, 0.4) is 0 Å². The molecule has 3 aromatic rings. The number of nitrogens with one attached hydrogen (secondary N) is 1. The molecular weight excluding hydrogens is 452 g/mol. The lowest BCUT2D eigenvalue weighted by Gasteiger charge is -2.31. The van der Waals surface area contributed by atoms with Crippen LogP contribution in [0.1, 0.15) is 37.7 Å². The van der Waals surface area contributed by atoms with Gasteiger partial charge in [0.2, 0.25) is 11.8 Å². The van der Waals surface area contributed by atoms with Crippen LogP contribution in [0.4, 0.5) is 0 Å². The van der Waals surface area contributed by atoms with Gasteiger partial charge in [0.05, 0.1) is 5.52 Å². The van der Waals surface area contributed by atoms with E-state index in [1.807, 2.05) is 30.3 Å². The molecule has 4 rings (SSSR count). The maximum atomic E-state index is 13.2. The summed E-state index contributed by atoms with van der Waals surface area (Å²) in [6.45, 7) is -0.139. The van der Waals surface area contributed by atoms with Gasteiger partial charge in [-0.05, 0) is 36.3 Å². The fourth-order valence-electron chi connectivity index (χ4n) is 4.53. The van der Waals surface area contributed by atoms with Crippen LogP contribution in [0, 0.1) is 0 Å². The summed E-state index contributed by atoms with van der Waals surface area (Å²) in [6.07, 6.45) is 5.97. The Morgan fingerprint density at radius 3 is 2.50 bits per heavy atom. The molecule has 2 aromatic heterocycles. The number of carbonyl (C=O) groups is 2. The van der Waals surface area contributed by atoms with Crippen molar-refractivity contribution in [1.29, 1.82) is 0 Å². The topological polar surface area (TPSA) is 93.4 Å². The Labute approximate surface area is 201 Å². The van der Waals surface area contributed by atoms with Crippen LogP contribution in [0.15, 0.2) is 51.4 Å². The number of rotatable bonds is 8. The number of nitrogens with zero attached hydrogens (tertiary/aromatic N) is 3.